The van der Waals surface area contributed by atoms with Crippen LogP contribution < -0.4 is 5.56 Å². The molecule has 1 heterocycles. The summed E-state index contributed by atoms with van der Waals surface area (Å²) in [6.45, 7) is 11.5. The van der Waals surface area contributed by atoms with E-state index >= 15 is 0 Å². The zero-order valence-corrected chi connectivity index (χ0v) is 11.2. The predicted molar refractivity (Wildman–Crippen MR) is 79.7 cm³/mol. The van der Waals surface area contributed by atoms with Crippen molar-refractivity contribution in [1.29, 1.82) is 0 Å². The molecule has 1 aromatic heterocycles. The van der Waals surface area contributed by atoms with Crippen LogP contribution in [0.5, 0.6) is 0 Å². The molecule has 0 aliphatic heterocycles. The molecule has 0 atom stereocenters. The third kappa shape index (κ3) is 2.71. The van der Waals surface area contributed by atoms with E-state index in [0.29, 0.717) is 5.56 Å². The molecular formula is C16H16N2O. The number of aromatic amines is 1. The fourth-order valence-electron chi connectivity index (χ4n) is 1.81. The first-order valence-corrected chi connectivity index (χ1v) is 6.01. The molecule has 3 nitrogen and oxygen atoms in total. The lowest BCUT2D eigenvalue weighted by Crippen LogP contribution is -2.13. The van der Waals surface area contributed by atoms with E-state index in [9.17, 15) is 4.79 Å². The molecule has 0 bridgehead atoms. The number of H-pyrrole nitrogens is 1. The van der Waals surface area contributed by atoms with Crippen molar-refractivity contribution in [3.05, 3.63) is 65.0 Å². The molecule has 3 heteroatoms. The second-order valence-corrected chi connectivity index (χ2v) is 4.64. The van der Waals surface area contributed by atoms with Crippen LogP contribution in [0, 0.1) is 0 Å². The Hall–Kier alpha value is -2.42. The van der Waals surface area contributed by atoms with E-state index in [4.69, 9.17) is 0 Å². The van der Waals surface area contributed by atoms with Crippen LogP contribution in [-0.4, -0.2) is 10.2 Å². The first-order chi connectivity index (χ1) is 8.99. The van der Waals surface area contributed by atoms with Gasteiger partial charge in [-0.15, -0.1) is 0 Å². The maximum Gasteiger partial charge on any atom is 0.271 e. The first kappa shape index (κ1) is 13.0. The number of hydrogen-bond acceptors (Lipinski definition) is 2. The van der Waals surface area contributed by atoms with Crippen molar-refractivity contribution in [2.24, 2.45) is 0 Å². The van der Waals surface area contributed by atoms with Crippen LogP contribution in [0.2, 0.25) is 0 Å². The molecule has 0 aliphatic rings. The lowest BCUT2D eigenvalue weighted by Gasteiger charge is -2.06. The molecule has 1 N–H and O–H groups in total. The monoisotopic (exact) mass is 252 g/mol. The van der Waals surface area contributed by atoms with Gasteiger partial charge >= 0.3 is 0 Å². The zero-order valence-electron chi connectivity index (χ0n) is 11.2. The normalized spacial score (nSPS) is 10.2. The summed E-state index contributed by atoms with van der Waals surface area (Å²) in [5, 5.41) is 6.59. The van der Waals surface area contributed by atoms with E-state index in [1.54, 1.807) is 13.0 Å². The van der Waals surface area contributed by atoms with Gasteiger partial charge in [0.15, 0.2) is 0 Å². The van der Waals surface area contributed by atoms with Crippen LogP contribution in [0.1, 0.15) is 25.0 Å². The van der Waals surface area contributed by atoms with Gasteiger partial charge in [0.1, 0.15) is 0 Å². The number of benzene rings is 1. The van der Waals surface area contributed by atoms with Gasteiger partial charge in [-0.2, -0.15) is 5.10 Å². The van der Waals surface area contributed by atoms with Crippen molar-refractivity contribution in [2.75, 3.05) is 0 Å². The maximum absolute atomic E-state index is 11.6. The second-order valence-electron chi connectivity index (χ2n) is 4.64. The number of nitrogens with zero attached hydrogens (tertiary/aromatic N) is 1. The summed E-state index contributed by atoms with van der Waals surface area (Å²) in [4.78, 5) is 11.6. The Bertz CT molecular complexity index is 711. The molecule has 1 aromatic carbocycles. The average Bonchev–Trinajstić information content (AvgIpc) is 2.39. The Labute approximate surface area is 112 Å². The number of hydrogen-bond donors (Lipinski definition) is 1. The summed E-state index contributed by atoms with van der Waals surface area (Å²) < 4.78 is 0. The smallest absolute Gasteiger partial charge is 0.267 e. The molecular weight excluding hydrogens is 236 g/mol. The van der Waals surface area contributed by atoms with Crippen molar-refractivity contribution in [3.8, 4) is 11.3 Å². The molecule has 2 aromatic rings. The molecule has 0 amide bonds. The van der Waals surface area contributed by atoms with Gasteiger partial charge < -0.3 is 0 Å². The van der Waals surface area contributed by atoms with Gasteiger partial charge in [0, 0.05) is 11.1 Å². The summed E-state index contributed by atoms with van der Waals surface area (Å²) in [5.74, 6) is 0. The van der Waals surface area contributed by atoms with Gasteiger partial charge in [-0.25, -0.2) is 5.10 Å². The van der Waals surface area contributed by atoms with Gasteiger partial charge in [0.2, 0.25) is 0 Å². The van der Waals surface area contributed by atoms with Crippen LogP contribution in [-0.2, 0) is 0 Å². The number of nitrogens with one attached hydrogen (secondary N) is 1. The van der Waals surface area contributed by atoms with Gasteiger partial charge in [-0.05, 0) is 37.1 Å². The summed E-state index contributed by atoms with van der Waals surface area (Å²) >= 11 is 0. The van der Waals surface area contributed by atoms with E-state index < -0.39 is 0 Å². The number of aromatic nitrogens is 2. The van der Waals surface area contributed by atoms with Gasteiger partial charge in [0.05, 0.1) is 5.69 Å². The molecule has 0 fully saturated rings. The molecule has 0 radical (unpaired) electrons. The van der Waals surface area contributed by atoms with Crippen molar-refractivity contribution in [1.82, 2.24) is 10.2 Å². The van der Waals surface area contributed by atoms with E-state index in [1.165, 1.54) is 0 Å². The lowest BCUT2D eigenvalue weighted by atomic mass is 10.0. The Kier molecular flexibility index (Phi) is 3.47. The highest BCUT2D eigenvalue weighted by Crippen LogP contribution is 2.22. The lowest BCUT2D eigenvalue weighted by molar-refractivity contribution is 0.987. The molecule has 0 saturated heterocycles. The number of allylic oxidation sites excluding steroid dienone is 2. The second kappa shape index (κ2) is 5.06. The highest BCUT2D eigenvalue weighted by Gasteiger charge is 2.06. The standard InChI is InChI=1S/C16H16N2O/c1-10(2)12-6-5-7-13(8-12)15-9-14(11(3)4)16(19)18-17-15/h5-9H,1,3H2,2,4H3,(H,18,19). The summed E-state index contributed by atoms with van der Waals surface area (Å²) in [7, 11) is 0. The van der Waals surface area contributed by atoms with E-state index in [-0.39, 0.29) is 5.56 Å². The quantitative estimate of drug-likeness (QED) is 0.908. The van der Waals surface area contributed by atoms with E-state index in [2.05, 4.69) is 23.4 Å². The van der Waals surface area contributed by atoms with Gasteiger partial charge in [-0.1, -0.05) is 36.9 Å². The topological polar surface area (TPSA) is 45.8 Å². The molecule has 96 valence electrons. The molecule has 0 spiro atoms. The van der Waals surface area contributed by atoms with Crippen LogP contribution in [0.25, 0.3) is 22.4 Å². The molecule has 0 unspecified atom stereocenters. The Morgan fingerprint density at radius 2 is 1.89 bits per heavy atom. The fourth-order valence-corrected chi connectivity index (χ4v) is 1.81. The third-order valence-electron chi connectivity index (χ3n) is 2.91. The third-order valence-corrected chi connectivity index (χ3v) is 2.91. The molecule has 2 rings (SSSR count). The van der Waals surface area contributed by atoms with E-state index in [1.807, 2.05) is 31.2 Å². The first-order valence-electron chi connectivity index (χ1n) is 6.01. The highest BCUT2D eigenvalue weighted by atomic mass is 16.1. The van der Waals surface area contributed by atoms with Crippen LogP contribution in [0.15, 0.2) is 48.3 Å². The van der Waals surface area contributed by atoms with E-state index in [0.717, 1.165) is 28.0 Å². The van der Waals surface area contributed by atoms with Crippen LogP contribution in [0.4, 0.5) is 0 Å². The zero-order chi connectivity index (χ0) is 14.0. The Balaban J connectivity index is 2.56. The Morgan fingerprint density at radius 3 is 2.53 bits per heavy atom. The minimum Gasteiger partial charge on any atom is -0.267 e. The van der Waals surface area contributed by atoms with Crippen molar-refractivity contribution < 1.29 is 0 Å². The summed E-state index contributed by atoms with van der Waals surface area (Å²) in [5.41, 5.74) is 4.78. The summed E-state index contributed by atoms with van der Waals surface area (Å²) in [6.07, 6.45) is 0. The van der Waals surface area contributed by atoms with Gasteiger partial charge in [0.25, 0.3) is 5.56 Å². The number of rotatable bonds is 3. The largest absolute Gasteiger partial charge is 0.271 e. The fraction of sp³-hybridized carbons (Fsp3) is 0.125. The predicted octanol–water partition coefficient (Wildman–Crippen LogP) is 3.50. The average molecular weight is 252 g/mol. The molecule has 0 aliphatic carbocycles. The SMILES string of the molecule is C=C(C)c1cccc(-c2cc(C(=C)C)c(=O)[nH]n2)c1. The van der Waals surface area contributed by atoms with Crippen molar-refractivity contribution in [3.63, 3.8) is 0 Å². The van der Waals surface area contributed by atoms with Gasteiger partial charge in [-0.3, -0.25) is 4.79 Å². The molecule has 0 saturated carbocycles. The maximum atomic E-state index is 11.6. The minimum absolute atomic E-state index is 0.215. The van der Waals surface area contributed by atoms with Crippen molar-refractivity contribution >= 4 is 11.1 Å². The highest BCUT2D eigenvalue weighted by molar-refractivity contribution is 5.71. The minimum atomic E-state index is -0.215. The van der Waals surface area contributed by atoms with Crippen LogP contribution in [0.3, 0.4) is 0 Å². The molecule has 19 heavy (non-hydrogen) atoms. The Morgan fingerprint density at radius 1 is 1.16 bits per heavy atom. The van der Waals surface area contributed by atoms with Crippen LogP contribution >= 0.6 is 0 Å². The summed E-state index contributed by atoms with van der Waals surface area (Å²) in [6, 6.07) is 9.67. The van der Waals surface area contributed by atoms with Crippen molar-refractivity contribution in [2.45, 2.75) is 13.8 Å².